The number of rotatable bonds is 5. The second-order valence-electron chi connectivity index (χ2n) is 6.70. The number of hydrogen-bond acceptors (Lipinski definition) is 5. The lowest BCUT2D eigenvalue weighted by Gasteiger charge is -2.16. The van der Waals surface area contributed by atoms with Gasteiger partial charge in [0, 0.05) is 0 Å². The maximum atomic E-state index is 13.0. The zero-order chi connectivity index (χ0) is 22.1. The Hall–Kier alpha value is -3.35. The van der Waals surface area contributed by atoms with Crippen LogP contribution in [0.5, 0.6) is 5.75 Å². The van der Waals surface area contributed by atoms with E-state index in [1.165, 1.54) is 25.3 Å². The largest absolute Gasteiger partial charge is 0.495 e. The number of carbonyl (C=O) groups excluding carboxylic acids is 3. The van der Waals surface area contributed by atoms with Crippen LogP contribution in [0, 0.1) is 0 Å². The number of anilines is 1. The Labute approximate surface area is 187 Å². The molecule has 1 aliphatic rings. The number of nitrogens with zero attached hydrogens (tertiary/aromatic N) is 1. The predicted molar refractivity (Wildman–Crippen MR) is 116 cm³/mol. The number of fused-ring (bicyclic) bond motifs is 1. The summed E-state index contributed by atoms with van der Waals surface area (Å²) in [5.74, 6) is -1.27. The smallest absolute Gasteiger partial charge is 0.338 e. The lowest BCUT2D eigenvalue weighted by molar-refractivity contribution is 0.0472. The lowest BCUT2D eigenvalue weighted by Crippen LogP contribution is -2.29. The SMILES string of the molecule is COc1ccccc1N1C(=O)c2ccc(C(=O)OCc3ccc(Cl)c(Cl)c3)cc2C1=O. The summed E-state index contributed by atoms with van der Waals surface area (Å²) in [6.45, 7) is -0.0208. The summed E-state index contributed by atoms with van der Waals surface area (Å²) < 4.78 is 10.6. The Morgan fingerprint density at radius 1 is 0.903 bits per heavy atom. The summed E-state index contributed by atoms with van der Waals surface area (Å²) in [6, 6.07) is 15.9. The van der Waals surface area contributed by atoms with Crippen LogP contribution in [0.15, 0.2) is 60.7 Å². The first kappa shape index (κ1) is 20.9. The van der Waals surface area contributed by atoms with Crippen molar-refractivity contribution in [1.29, 1.82) is 0 Å². The number of carbonyl (C=O) groups is 3. The summed E-state index contributed by atoms with van der Waals surface area (Å²) in [5.41, 5.74) is 1.48. The molecular weight excluding hydrogens is 441 g/mol. The van der Waals surface area contributed by atoms with Gasteiger partial charge >= 0.3 is 5.97 Å². The van der Waals surface area contributed by atoms with Gasteiger partial charge in [-0.1, -0.05) is 41.4 Å². The quantitative estimate of drug-likeness (QED) is 0.392. The highest BCUT2D eigenvalue weighted by atomic mass is 35.5. The number of benzene rings is 3. The van der Waals surface area contributed by atoms with Crippen molar-refractivity contribution in [2.45, 2.75) is 6.61 Å². The van der Waals surface area contributed by atoms with Gasteiger partial charge in [-0.05, 0) is 48.0 Å². The van der Waals surface area contributed by atoms with Crippen molar-refractivity contribution >= 4 is 46.7 Å². The van der Waals surface area contributed by atoms with Crippen molar-refractivity contribution in [2.75, 3.05) is 12.0 Å². The second kappa shape index (κ2) is 8.41. The van der Waals surface area contributed by atoms with Crippen LogP contribution in [0.1, 0.15) is 36.6 Å². The molecule has 6 nitrogen and oxygen atoms in total. The van der Waals surface area contributed by atoms with Gasteiger partial charge < -0.3 is 9.47 Å². The first-order valence-corrected chi connectivity index (χ1v) is 9.93. The van der Waals surface area contributed by atoms with Gasteiger partial charge in [0.1, 0.15) is 12.4 Å². The number of ether oxygens (including phenoxy) is 2. The molecule has 2 amide bonds. The van der Waals surface area contributed by atoms with Gasteiger partial charge in [0.25, 0.3) is 11.8 Å². The molecule has 0 fully saturated rings. The molecule has 1 aliphatic heterocycles. The lowest BCUT2D eigenvalue weighted by atomic mass is 10.1. The Morgan fingerprint density at radius 3 is 2.39 bits per heavy atom. The third-order valence-electron chi connectivity index (χ3n) is 4.80. The Morgan fingerprint density at radius 2 is 1.65 bits per heavy atom. The summed E-state index contributed by atoms with van der Waals surface area (Å²) in [5, 5.41) is 0.756. The molecule has 0 spiro atoms. The summed E-state index contributed by atoms with van der Waals surface area (Å²) >= 11 is 11.9. The minimum Gasteiger partial charge on any atom is -0.495 e. The van der Waals surface area contributed by atoms with Crippen LogP contribution in [0.25, 0.3) is 0 Å². The predicted octanol–water partition coefficient (Wildman–Crippen LogP) is 5.16. The van der Waals surface area contributed by atoms with Crippen LogP contribution in [0.4, 0.5) is 5.69 Å². The van der Waals surface area contributed by atoms with E-state index in [2.05, 4.69) is 0 Å². The fourth-order valence-corrected chi connectivity index (χ4v) is 3.58. The standard InChI is InChI=1S/C23H15Cl2NO5/c1-30-20-5-3-2-4-19(20)26-21(27)15-8-7-14(11-16(15)22(26)28)23(29)31-12-13-6-9-17(24)18(25)10-13/h2-11H,12H2,1H3. The third-order valence-corrected chi connectivity index (χ3v) is 5.54. The van der Waals surface area contributed by atoms with Crippen LogP contribution in [-0.2, 0) is 11.3 Å². The maximum absolute atomic E-state index is 13.0. The maximum Gasteiger partial charge on any atom is 0.338 e. The van der Waals surface area contributed by atoms with Crippen molar-refractivity contribution in [3.63, 3.8) is 0 Å². The molecule has 0 unspecified atom stereocenters. The van der Waals surface area contributed by atoms with Crippen LogP contribution in [0.3, 0.4) is 0 Å². The normalized spacial score (nSPS) is 12.7. The van der Waals surface area contributed by atoms with E-state index < -0.39 is 17.8 Å². The fourth-order valence-electron chi connectivity index (χ4n) is 3.26. The van der Waals surface area contributed by atoms with E-state index >= 15 is 0 Å². The highest BCUT2D eigenvalue weighted by molar-refractivity contribution is 6.42. The number of para-hydroxylation sites is 2. The average Bonchev–Trinajstić information content (AvgIpc) is 3.03. The van der Waals surface area contributed by atoms with Crippen molar-refractivity contribution in [3.8, 4) is 5.75 Å². The van der Waals surface area contributed by atoms with Crippen molar-refractivity contribution in [1.82, 2.24) is 0 Å². The Kier molecular flexibility index (Phi) is 5.67. The van der Waals surface area contributed by atoms with E-state index in [0.29, 0.717) is 27.0 Å². The van der Waals surface area contributed by atoms with Crippen LogP contribution < -0.4 is 9.64 Å². The molecule has 0 aliphatic carbocycles. The van der Waals surface area contributed by atoms with Crippen molar-refractivity contribution in [3.05, 3.63) is 93.0 Å². The van der Waals surface area contributed by atoms with Crippen LogP contribution in [-0.4, -0.2) is 24.9 Å². The number of amides is 2. The molecule has 0 N–H and O–H groups in total. The molecule has 3 aromatic rings. The zero-order valence-electron chi connectivity index (χ0n) is 16.2. The molecule has 0 bridgehead atoms. The monoisotopic (exact) mass is 455 g/mol. The summed E-state index contributed by atoms with van der Waals surface area (Å²) in [7, 11) is 1.46. The van der Waals surface area contributed by atoms with Gasteiger partial charge in [0.05, 0.1) is 39.5 Å². The highest BCUT2D eigenvalue weighted by Gasteiger charge is 2.38. The molecule has 1 heterocycles. The van der Waals surface area contributed by atoms with Gasteiger partial charge in [0.2, 0.25) is 0 Å². The van der Waals surface area contributed by atoms with E-state index in [1.54, 1.807) is 42.5 Å². The number of imide groups is 1. The molecule has 3 aromatic carbocycles. The van der Waals surface area contributed by atoms with Gasteiger partial charge in [-0.3, -0.25) is 9.59 Å². The molecule has 0 aromatic heterocycles. The van der Waals surface area contributed by atoms with Gasteiger partial charge in [0.15, 0.2) is 0 Å². The minimum atomic E-state index is -0.634. The van der Waals surface area contributed by atoms with Gasteiger partial charge in [-0.25, -0.2) is 9.69 Å². The van der Waals surface area contributed by atoms with E-state index in [0.717, 1.165) is 4.90 Å². The van der Waals surface area contributed by atoms with E-state index in [4.69, 9.17) is 32.7 Å². The fraction of sp³-hybridized carbons (Fsp3) is 0.0870. The molecule has 8 heteroatoms. The first-order valence-electron chi connectivity index (χ1n) is 9.17. The van der Waals surface area contributed by atoms with Crippen LogP contribution in [0.2, 0.25) is 10.0 Å². The molecule has 0 saturated carbocycles. The van der Waals surface area contributed by atoms with E-state index in [9.17, 15) is 14.4 Å². The molecule has 0 atom stereocenters. The molecule has 156 valence electrons. The van der Waals surface area contributed by atoms with Gasteiger partial charge in [-0.2, -0.15) is 0 Å². The highest BCUT2D eigenvalue weighted by Crippen LogP contribution is 2.35. The summed E-state index contributed by atoms with van der Waals surface area (Å²) in [6.07, 6.45) is 0. The molecule has 0 radical (unpaired) electrons. The number of methoxy groups -OCH3 is 1. The average molecular weight is 456 g/mol. The van der Waals surface area contributed by atoms with E-state index in [1.807, 2.05) is 0 Å². The molecule has 31 heavy (non-hydrogen) atoms. The second-order valence-corrected chi connectivity index (χ2v) is 7.52. The first-order chi connectivity index (χ1) is 14.9. The third kappa shape index (κ3) is 3.87. The molecule has 0 saturated heterocycles. The van der Waals surface area contributed by atoms with Crippen molar-refractivity contribution in [2.24, 2.45) is 0 Å². The number of halogens is 2. The minimum absolute atomic E-state index is 0.0208. The van der Waals surface area contributed by atoms with Crippen molar-refractivity contribution < 1.29 is 23.9 Å². The number of hydrogen-bond donors (Lipinski definition) is 0. The van der Waals surface area contributed by atoms with E-state index in [-0.39, 0.29) is 23.3 Å². The topological polar surface area (TPSA) is 72.9 Å². The van der Waals surface area contributed by atoms with Crippen LogP contribution >= 0.6 is 23.2 Å². The summed E-state index contributed by atoms with van der Waals surface area (Å²) in [4.78, 5) is 39.3. The van der Waals surface area contributed by atoms with Gasteiger partial charge in [-0.15, -0.1) is 0 Å². The Balaban J connectivity index is 1.56. The number of esters is 1. The zero-order valence-corrected chi connectivity index (χ0v) is 17.7. The molecule has 4 rings (SSSR count). The molecular formula is C23H15Cl2NO5. The Bertz CT molecular complexity index is 1220.